The molecule has 1 aromatic carbocycles. The molecule has 0 amide bonds. The normalized spacial score (nSPS) is 25.0. The van der Waals surface area contributed by atoms with E-state index in [1.807, 2.05) is 6.07 Å². The lowest BCUT2D eigenvalue weighted by molar-refractivity contribution is -0.0800. The van der Waals surface area contributed by atoms with E-state index in [-0.39, 0.29) is 11.7 Å². The van der Waals surface area contributed by atoms with Gasteiger partial charge in [-0.05, 0) is 54.5 Å². The highest BCUT2D eigenvalue weighted by Gasteiger charge is 2.37. The summed E-state index contributed by atoms with van der Waals surface area (Å²) in [6.45, 7) is 5.17. The minimum atomic E-state index is -0.0105. The number of nitrogens with one attached hydrogen (secondary N) is 1. The molecule has 0 saturated carbocycles. The van der Waals surface area contributed by atoms with Crippen molar-refractivity contribution in [2.24, 2.45) is 0 Å². The molecule has 116 valence electrons. The van der Waals surface area contributed by atoms with Crippen LogP contribution in [0.5, 0.6) is 0 Å². The zero-order chi connectivity index (χ0) is 15.1. The summed E-state index contributed by atoms with van der Waals surface area (Å²) in [5.41, 5.74) is 2.56. The Hall–Kier alpha value is -1.65. The largest absolute Gasteiger partial charge is 0.371 e. The molecule has 2 aromatic rings. The van der Waals surface area contributed by atoms with Crippen molar-refractivity contribution in [3.8, 4) is 0 Å². The number of H-pyrrole nitrogens is 1. The quantitative estimate of drug-likeness (QED) is 0.927. The van der Waals surface area contributed by atoms with Gasteiger partial charge in [-0.1, -0.05) is 13.0 Å². The third-order valence-electron chi connectivity index (χ3n) is 5.05. The van der Waals surface area contributed by atoms with Crippen LogP contribution in [-0.2, 0) is 11.2 Å². The maximum Gasteiger partial charge on any atom is 0.255 e. The predicted octanol–water partition coefficient (Wildman–Crippen LogP) is 2.63. The summed E-state index contributed by atoms with van der Waals surface area (Å²) < 4.78 is 6.12. The average molecular weight is 298 g/mol. The number of aromatic amines is 1. The first-order chi connectivity index (χ1) is 10.8. The summed E-state index contributed by atoms with van der Waals surface area (Å²) in [7, 11) is 0. The van der Waals surface area contributed by atoms with Gasteiger partial charge in [0.1, 0.15) is 0 Å². The summed E-state index contributed by atoms with van der Waals surface area (Å²) in [5.74, 6) is 0. The summed E-state index contributed by atoms with van der Waals surface area (Å²) in [4.78, 5) is 17.4. The summed E-state index contributed by atoms with van der Waals surface area (Å²) in [5, 5.41) is 1.81. The van der Waals surface area contributed by atoms with E-state index in [1.165, 1.54) is 17.5 Å². The maximum atomic E-state index is 12.1. The fourth-order valence-corrected chi connectivity index (χ4v) is 4.05. The van der Waals surface area contributed by atoms with Crippen molar-refractivity contribution in [2.45, 2.75) is 38.3 Å². The standard InChI is InChI=1S/C18H22N2O2/c1-2-7-20-8-9-22-17-14-11-15-13(5-6-19-18(15)21)10-12(14)3-4-16(17)20/h5-6,10-11,16-17H,2-4,7-9H2,1H3,(H,19,21). The number of aromatic nitrogens is 1. The lowest BCUT2D eigenvalue weighted by Gasteiger charge is -2.44. The number of hydrogen-bond donors (Lipinski definition) is 1. The molecule has 2 atom stereocenters. The molecule has 1 aliphatic heterocycles. The first-order valence-electron chi connectivity index (χ1n) is 8.28. The van der Waals surface area contributed by atoms with Crippen LogP contribution in [-0.4, -0.2) is 35.6 Å². The molecule has 1 aliphatic carbocycles. The molecule has 1 aromatic heterocycles. The van der Waals surface area contributed by atoms with Gasteiger partial charge in [-0.25, -0.2) is 0 Å². The van der Waals surface area contributed by atoms with E-state index in [2.05, 4.69) is 28.9 Å². The molecule has 1 N–H and O–H groups in total. The molecule has 2 unspecified atom stereocenters. The van der Waals surface area contributed by atoms with Gasteiger partial charge in [-0.2, -0.15) is 0 Å². The van der Waals surface area contributed by atoms with Crippen LogP contribution in [0.3, 0.4) is 0 Å². The molecule has 4 heteroatoms. The van der Waals surface area contributed by atoms with Crippen LogP contribution in [0.1, 0.15) is 37.0 Å². The second kappa shape index (κ2) is 5.52. The number of rotatable bonds is 2. The van der Waals surface area contributed by atoms with E-state index < -0.39 is 0 Å². The van der Waals surface area contributed by atoms with Crippen LogP contribution in [0, 0.1) is 0 Å². The van der Waals surface area contributed by atoms with Crippen molar-refractivity contribution in [3.05, 3.63) is 45.9 Å². The molecule has 0 spiro atoms. The SMILES string of the molecule is CCCN1CCOC2c3cc4c(=O)[nH]ccc4cc3CCC21. The van der Waals surface area contributed by atoms with Crippen LogP contribution in [0.2, 0.25) is 0 Å². The second-order valence-electron chi connectivity index (χ2n) is 6.38. The van der Waals surface area contributed by atoms with Crippen molar-refractivity contribution in [2.75, 3.05) is 19.7 Å². The lowest BCUT2D eigenvalue weighted by atomic mass is 9.83. The van der Waals surface area contributed by atoms with Gasteiger partial charge in [0, 0.05) is 24.2 Å². The summed E-state index contributed by atoms with van der Waals surface area (Å²) >= 11 is 0. The molecular formula is C18H22N2O2. The Morgan fingerprint density at radius 2 is 2.32 bits per heavy atom. The summed E-state index contributed by atoms with van der Waals surface area (Å²) in [6.07, 6.45) is 5.24. The van der Waals surface area contributed by atoms with Crippen molar-refractivity contribution < 1.29 is 4.74 Å². The van der Waals surface area contributed by atoms with Gasteiger partial charge < -0.3 is 9.72 Å². The molecule has 0 radical (unpaired) electrons. The third-order valence-corrected chi connectivity index (χ3v) is 5.05. The molecule has 4 rings (SSSR count). The maximum absolute atomic E-state index is 12.1. The Balaban J connectivity index is 1.80. The number of pyridine rings is 1. The van der Waals surface area contributed by atoms with Crippen LogP contribution in [0.25, 0.3) is 10.8 Å². The van der Waals surface area contributed by atoms with Gasteiger partial charge >= 0.3 is 0 Å². The number of benzene rings is 1. The van der Waals surface area contributed by atoms with Crippen molar-refractivity contribution in [1.29, 1.82) is 0 Å². The topological polar surface area (TPSA) is 45.3 Å². The zero-order valence-corrected chi connectivity index (χ0v) is 13.0. The van der Waals surface area contributed by atoms with Crippen LogP contribution >= 0.6 is 0 Å². The number of aryl methyl sites for hydroxylation is 1. The van der Waals surface area contributed by atoms with Gasteiger partial charge in [-0.15, -0.1) is 0 Å². The molecule has 2 aliphatic rings. The number of fused-ring (bicyclic) bond motifs is 4. The Morgan fingerprint density at radius 1 is 1.41 bits per heavy atom. The monoisotopic (exact) mass is 298 g/mol. The van der Waals surface area contributed by atoms with E-state index in [9.17, 15) is 4.79 Å². The molecular weight excluding hydrogens is 276 g/mol. The predicted molar refractivity (Wildman–Crippen MR) is 87.2 cm³/mol. The molecule has 2 heterocycles. The van der Waals surface area contributed by atoms with Gasteiger partial charge in [0.2, 0.25) is 0 Å². The highest BCUT2D eigenvalue weighted by molar-refractivity contribution is 5.83. The van der Waals surface area contributed by atoms with Gasteiger partial charge in [0.05, 0.1) is 12.7 Å². The van der Waals surface area contributed by atoms with E-state index in [1.54, 1.807) is 6.20 Å². The zero-order valence-electron chi connectivity index (χ0n) is 13.0. The Morgan fingerprint density at radius 3 is 3.18 bits per heavy atom. The molecule has 22 heavy (non-hydrogen) atoms. The average Bonchev–Trinajstić information content (AvgIpc) is 2.54. The molecule has 1 saturated heterocycles. The van der Waals surface area contributed by atoms with Crippen molar-refractivity contribution in [1.82, 2.24) is 9.88 Å². The van der Waals surface area contributed by atoms with E-state index >= 15 is 0 Å². The minimum absolute atomic E-state index is 0.0105. The molecule has 1 fully saturated rings. The van der Waals surface area contributed by atoms with E-state index in [0.29, 0.717) is 6.04 Å². The smallest absolute Gasteiger partial charge is 0.255 e. The molecule has 0 bridgehead atoms. The number of nitrogens with zero attached hydrogens (tertiary/aromatic N) is 1. The highest BCUT2D eigenvalue weighted by atomic mass is 16.5. The lowest BCUT2D eigenvalue weighted by Crippen LogP contribution is -2.49. The fourth-order valence-electron chi connectivity index (χ4n) is 4.05. The van der Waals surface area contributed by atoms with Crippen molar-refractivity contribution in [3.63, 3.8) is 0 Å². The molecule has 4 nitrogen and oxygen atoms in total. The fraction of sp³-hybridized carbons (Fsp3) is 0.500. The number of morpholine rings is 1. The second-order valence-corrected chi connectivity index (χ2v) is 6.38. The van der Waals surface area contributed by atoms with Crippen LogP contribution < -0.4 is 5.56 Å². The Labute approximate surface area is 130 Å². The Bertz CT molecular complexity index is 750. The van der Waals surface area contributed by atoms with Gasteiger partial charge in [0.25, 0.3) is 5.56 Å². The number of ether oxygens (including phenoxy) is 1. The van der Waals surface area contributed by atoms with Crippen molar-refractivity contribution >= 4 is 10.8 Å². The van der Waals surface area contributed by atoms with Crippen LogP contribution in [0.15, 0.2) is 29.2 Å². The van der Waals surface area contributed by atoms with Gasteiger partial charge in [0.15, 0.2) is 0 Å². The Kier molecular flexibility index (Phi) is 3.51. The summed E-state index contributed by atoms with van der Waals surface area (Å²) in [6, 6.07) is 6.68. The third kappa shape index (κ3) is 2.18. The first-order valence-corrected chi connectivity index (χ1v) is 8.28. The number of hydrogen-bond acceptors (Lipinski definition) is 3. The highest BCUT2D eigenvalue weighted by Crippen LogP contribution is 2.39. The van der Waals surface area contributed by atoms with E-state index in [4.69, 9.17) is 4.74 Å². The van der Waals surface area contributed by atoms with Crippen LogP contribution in [0.4, 0.5) is 0 Å². The first kappa shape index (κ1) is 14.0. The van der Waals surface area contributed by atoms with E-state index in [0.717, 1.165) is 43.3 Å². The minimum Gasteiger partial charge on any atom is -0.371 e. The van der Waals surface area contributed by atoms with Gasteiger partial charge in [-0.3, -0.25) is 9.69 Å².